The molecule has 0 bridgehead atoms. The number of ketones is 1. The molecule has 4 heteroatoms. The highest BCUT2D eigenvalue weighted by Gasteiger charge is 2.22. The molecule has 0 radical (unpaired) electrons. The average molecular weight is 240 g/mol. The number of hydrogen-bond acceptors (Lipinski definition) is 3. The quantitative estimate of drug-likeness (QED) is 0.809. The molecule has 1 aliphatic rings. The molecule has 1 fully saturated rings. The molecule has 1 aromatic rings. The first-order valence-electron chi connectivity index (χ1n) is 5.22. The summed E-state index contributed by atoms with van der Waals surface area (Å²) in [4.78, 5) is 11.8. The molecule has 86 valence electrons. The molecule has 2 rings (SSSR count). The molecule has 1 unspecified atom stereocenters. The Labute approximate surface area is 98.2 Å². The van der Waals surface area contributed by atoms with E-state index >= 15 is 0 Å². The van der Waals surface area contributed by atoms with E-state index in [0.29, 0.717) is 13.0 Å². The van der Waals surface area contributed by atoms with Crippen molar-refractivity contribution in [1.82, 2.24) is 0 Å². The molecule has 0 N–H and O–H groups in total. The van der Waals surface area contributed by atoms with Gasteiger partial charge in [0, 0.05) is 17.9 Å². The summed E-state index contributed by atoms with van der Waals surface area (Å²) in [6.07, 6.45) is 0.0368. The standard InChI is InChI=1S/C12H13FO2S/c13-10-3-1-9(2-4-10)7-11(14)12-8-16-6-5-15-12/h1-4,12H,5-8H2. The second kappa shape index (κ2) is 5.46. The molecular formula is C12H13FO2S. The zero-order chi connectivity index (χ0) is 11.4. The summed E-state index contributed by atoms with van der Waals surface area (Å²) in [5.41, 5.74) is 0.838. The van der Waals surface area contributed by atoms with Gasteiger partial charge in [-0.25, -0.2) is 4.39 Å². The summed E-state index contributed by atoms with van der Waals surface area (Å²) in [5, 5.41) is 0. The van der Waals surface area contributed by atoms with Crippen LogP contribution in [0.25, 0.3) is 0 Å². The fraction of sp³-hybridized carbons (Fsp3) is 0.417. The van der Waals surface area contributed by atoms with Crippen LogP contribution >= 0.6 is 11.8 Å². The summed E-state index contributed by atoms with van der Waals surface area (Å²) in [6, 6.07) is 6.03. The highest BCUT2D eigenvalue weighted by atomic mass is 32.2. The summed E-state index contributed by atoms with van der Waals surface area (Å²) >= 11 is 1.74. The molecular weight excluding hydrogens is 227 g/mol. The van der Waals surface area contributed by atoms with Gasteiger partial charge in [0.2, 0.25) is 0 Å². The fourth-order valence-corrected chi connectivity index (χ4v) is 2.47. The minimum atomic E-state index is -0.288. The molecule has 0 spiro atoms. The van der Waals surface area contributed by atoms with Crippen molar-refractivity contribution >= 4 is 17.5 Å². The largest absolute Gasteiger partial charge is 0.369 e. The summed E-state index contributed by atoms with van der Waals surface area (Å²) < 4.78 is 18.1. The third kappa shape index (κ3) is 3.06. The number of hydrogen-bond donors (Lipinski definition) is 0. The second-order valence-corrected chi connectivity index (χ2v) is 4.85. The van der Waals surface area contributed by atoms with Gasteiger partial charge >= 0.3 is 0 Å². The van der Waals surface area contributed by atoms with E-state index in [1.807, 2.05) is 0 Å². The van der Waals surface area contributed by atoms with Gasteiger partial charge in [0.1, 0.15) is 11.9 Å². The number of halogens is 1. The van der Waals surface area contributed by atoms with Crippen LogP contribution in [0.3, 0.4) is 0 Å². The van der Waals surface area contributed by atoms with Crippen LogP contribution in [-0.4, -0.2) is 30.0 Å². The molecule has 1 aromatic carbocycles. The van der Waals surface area contributed by atoms with Gasteiger partial charge < -0.3 is 4.74 Å². The maximum atomic E-state index is 12.7. The Hall–Kier alpha value is -0.870. The fourth-order valence-electron chi connectivity index (χ4n) is 1.59. The maximum Gasteiger partial charge on any atom is 0.166 e. The molecule has 2 nitrogen and oxygen atoms in total. The Morgan fingerprint density at radius 2 is 2.19 bits per heavy atom. The summed E-state index contributed by atoms with van der Waals surface area (Å²) in [6.45, 7) is 0.643. The van der Waals surface area contributed by atoms with Gasteiger partial charge in [0.05, 0.1) is 6.61 Å². The van der Waals surface area contributed by atoms with Gasteiger partial charge in [-0.15, -0.1) is 0 Å². The van der Waals surface area contributed by atoms with Crippen LogP contribution in [0.4, 0.5) is 4.39 Å². The van der Waals surface area contributed by atoms with Crippen LogP contribution in [-0.2, 0) is 16.0 Å². The minimum Gasteiger partial charge on any atom is -0.369 e. The van der Waals surface area contributed by atoms with Gasteiger partial charge in [-0.05, 0) is 17.7 Å². The van der Waals surface area contributed by atoms with Crippen molar-refractivity contribution in [3.05, 3.63) is 35.6 Å². The van der Waals surface area contributed by atoms with Gasteiger partial charge in [0.15, 0.2) is 5.78 Å². The predicted molar refractivity (Wildman–Crippen MR) is 62.2 cm³/mol. The average Bonchev–Trinajstić information content (AvgIpc) is 2.33. The van der Waals surface area contributed by atoms with E-state index < -0.39 is 0 Å². The second-order valence-electron chi connectivity index (χ2n) is 3.70. The first kappa shape index (κ1) is 11.6. The maximum absolute atomic E-state index is 12.7. The molecule has 16 heavy (non-hydrogen) atoms. The molecule has 0 aromatic heterocycles. The van der Waals surface area contributed by atoms with Crippen molar-refractivity contribution in [2.75, 3.05) is 18.1 Å². The first-order chi connectivity index (χ1) is 7.75. The van der Waals surface area contributed by atoms with Gasteiger partial charge in [-0.3, -0.25) is 4.79 Å². The highest BCUT2D eigenvalue weighted by molar-refractivity contribution is 7.99. The van der Waals surface area contributed by atoms with E-state index in [1.54, 1.807) is 23.9 Å². The molecule has 0 aliphatic carbocycles. The minimum absolute atomic E-state index is 0.0822. The van der Waals surface area contributed by atoms with Crippen molar-refractivity contribution < 1.29 is 13.9 Å². The van der Waals surface area contributed by atoms with E-state index in [0.717, 1.165) is 17.1 Å². The molecule has 0 saturated carbocycles. The van der Waals surface area contributed by atoms with Gasteiger partial charge in [-0.1, -0.05) is 12.1 Å². The number of benzene rings is 1. The van der Waals surface area contributed by atoms with Crippen LogP contribution in [0.15, 0.2) is 24.3 Å². The van der Waals surface area contributed by atoms with Crippen molar-refractivity contribution in [3.63, 3.8) is 0 Å². The molecule has 0 amide bonds. The topological polar surface area (TPSA) is 26.3 Å². The first-order valence-corrected chi connectivity index (χ1v) is 6.37. The third-order valence-corrected chi connectivity index (χ3v) is 3.46. The lowest BCUT2D eigenvalue weighted by Crippen LogP contribution is -2.32. The van der Waals surface area contributed by atoms with Crippen LogP contribution < -0.4 is 0 Å². The van der Waals surface area contributed by atoms with Crippen LogP contribution in [0, 0.1) is 5.82 Å². The molecule has 1 saturated heterocycles. The summed E-state index contributed by atoms with van der Waals surface area (Å²) in [5.74, 6) is 1.50. The summed E-state index contributed by atoms with van der Waals surface area (Å²) in [7, 11) is 0. The van der Waals surface area contributed by atoms with Crippen molar-refractivity contribution in [2.45, 2.75) is 12.5 Å². The zero-order valence-electron chi connectivity index (χ0n) is 8.82. The zero-order valence-corrected chi connectivity index (χ0v) is 9.63. The van der Waals surface area contributed by atoms with E-state index in [4.69, 9.17) is 4.74 Å². The van der Waals surface area contributed by atoms with E-state index in [1.165, 1.54) is 12.1 Å². The number of carbonyl (C=O) groups is 1. The lowest BCUT2D eigenvalue weighted by molar-refractivity contribution is -0.128. The smallest absolute Gasteiger partial charge is 0.166 e. The van der Waals surface area contributed by atoms with Crippen LogP contribution in [0.5, 0.6) is 0 Å². The lowest BCUT2D eigenvalue weighted by Gasteiger charge is -2.20. The monoisotopic (exact) mass is 240 g/mol. The van der Waals surface area contributed by atoms with Crippen molar-refractivity contribution in [2.24, 2.45) is 0 Å². The van der Waals surface area contributed by atoms with Crippen LogP contribution in [0.1, 0.15) is 5.56 Å². The van der Waals surface area contributed by atoms with Gasteiger partial charge in [-0.2, -0.15) is 11.8 Å². The Morgan fingerprint density at radius 1 is 1.44 bits per heavy atom. The number of Topliss-reactive ketones (excluding diaryl/α,β-unsaturated/α-hetero) is 1. The molecule has 1 atom stereocenters. The highest BCUT2D eigenvalue weighted by Crippen LogP contribution is 2.15. The number of carbonyl (C=O) groups excluding carboxylic acids is 1. The van der Waals surface area contributed by atoms with E-state index in [9.17, 15) is 9.18 Å². The van der Waals surface area contributed by atoms with E-state index in [-0.39, 0.29) is 17.7 Å². The van der Waals surface area contributed by atoms with E-state index in [2.05, 4.69) is 0 Å². The number of rotatable bonds is 3. The van der Waals surface area contributed by atoms with Crippen molar-refractivity contribution in [1.29, 1.82) is 0 Å². The lowest BCUT2D eigenvalue weighted by atomic mass is 10.1. The Kier molecular flexibility index (Phi) is 3.96. The Bertz CT molecular complexity index is 358. The Balaban J connectivity index is 1.93. The third-order valence-electron chi connectivity index (χ3n) is 2.47. The molecule has 1 heterocycles. The van der Waals surface area contributed by atoms with Crippen LogP contribution in [0.2, 0.25) is 0 Å². The van der Waals surface area contributed by atoms with Gasteiger partial charge in [0.25, 0.3) is 0 Å². The molecule has 1 aliphatic heterocycles. The number of thioether (sulfide) groups is 1. The predicted octanol–water partition coefficient (Wildman–Crippen LogP) is 2.07. The number of ether oxygens (including phenoxy) is 1. The Morgan fingerprint density at radius 3 is 2.81 bits per heavy atom. The van der Waals surface area contributed by atoms with Crippen molar-refractivity contribution in [3.8, 4) is 0 Å². The normalized spacial score (nSPS) is 20.7. The SMILES string of the molecule is O=C(Cc1ccc(F)cc1)C1CSCCO1.